The number of nitrogens with zero attached hydrogens (tertiary/aromatic N) is 2. The van der Waals surface area contributed by atoms with Crippen molar-refractivity contribution in [3.63, 3.8) is 0 Å². The number of anilines is 1. The molecule has 0 saturated heterocycles. The van der Waals surface area contributed by atoms with E-state index in [1.807, 2.05) is 24.5 Å². The van der Waals surface area contributed by atoms with Crippen molar-refractivity contribution < 1.29 is 4.39 Å². The molecular weight excluding hydrogens is 297 g/mol. The average molecular weight is 313 g/mol. The maximum Gasteiger partial charge on any atom is 0.146 e. The Morgan fingerprint density at radius 1 is 1.09 bits per heavy atom. The van der Waals surface area contributed by atoms with Crippen molar-refractivity contribution in [1.29, 1.82) is 0 Å². The number of hydrogen-bond donors (Lipinski definition) is 1. The highest BCUT2D eigenvalue weighted by Gasteiger charge is 2.11. The summed E-state index contributed by atoms with van der Waals surface area (Å²) in [6.45, 7) is 1.73. The zero-order valence-corrected chi connectivity index (χ0v) is 13.2. The topological polar surface area (TPSA) is 43.8 Å². The second-order valence-corrected chi connectivity index (χ2v) is 5.91. The SMILES string of the molecule is CSc1ccc(-c2cc(N)nn2-c2ccc(F)c(C)c2)cc1. The smallest absolute Gasteiger partial charge is 0.146 e. The molecule has 0 spiro atoms. The molecule has 0 aliphatic heterocycles. The van der Waals surface area contributed by atoms with Gasteiger partial charge in [0, 0.05) is 16.5 Å². The monoisotopic (exact) mass is 313 g/mol. The maximum atomic E-state index is 13.5. The van der Waals surface area contributed by atoms with Crippen LogP contribution in [0, 0.1) is 12.7 Å². The fourth-order valence-electron chi connectivity index (χ4n) is 2.32. The third-order valence-corrected chi connectivity index (χ3v) is 4.24. The van der Waals surface area contributed by atoms with Crippen molar-refractivity contribution in [3.8, 4) is 16.9 Å². The van der Waals surface area contributed by atoms with Gasteiger partial charge in [-0.05, 0) is 49.1 Å². The molecule has 0 aliphatic carbocycles. The van der Waals surface area contributed by atoms with E-state index in [1.54, 1.807) is 35.5 Å². The van der Waals surface area contributed by atoms with Crippen LogP contribution in [0.25, 0.3) is 16.9 Å². The van der Waals surface area contributed by atoms with Gasteiger partial charge >= 0.3 is 0 Å². The summed E-state index contributed by atoms with van der Waals surface area (Å²) in [5.74, 6) is 0.209. The Morgan fingerprint density at radius 2 is 1.82 bits per heavy atom. The standard InChI is InChI=1S/C17H16FN3S/c1-11-9-13(5-8-15(11)18)21-16(10-17(19)20-21)12-3-6-14(22-2)7-4-12/h3-10H,1-2H3,(H2,19,20). The molecule has 0 radical (unpaired) electrons. The number of nitrogens with two attached hydrogens (primary N) is 1. The van der Waals surface area contributed by atoms with E-state index < -0.39 is 0 Å². The Hall–Kier alpha value is -2.27. The number of nitrogen functional groups attached to an aromatic ring is 1. The number of halogens is 1. The Labute approximate surface area is 133 Å². The second-order valence-electron chi connectivity index (χ2n) is 5.03. The van der Waals surface area contributed by atoms with Gasteiger partial charge in [-0.25, -0.2) is 9.07 Å². The van der Waals surface area contributed by atoms with E-state index >= 15 is 0 Å². The van der Waals surface area contributed by atoms with Gasteiger partial charge in [0.25, 0.3) is 0 Å². The van der Waals surface area contributed by atoms with E-state index in [-0.39, 0.29) is 5.82 Å². The number of rotatable bonds is 3. The van der Waals surface area contributed by atoms with Crippen LogP contribution in [0.3, 0.4) is 0 Å². The summed E-state index contributed by atoms with van der Waals surface area (Å²) in [5, 5.41) is 4.34. The van der Waals surface area contributed by atoms with Crippen LogP contribution in [0.5, 0.6) is 0 Å². The molecule has 3 aromatic rings. The normalized spacial score (nSPS) is 10.9. The molecule has 0 fully saturated rings. The lowest BCUT2D eigenvalue weighted by atomic mass is 10.1. The highest BCUT2D eigenvalue weighted by molar-refractivity contribution is 7.98. The predicted octanol–water partition coefficient (Wildman–Crippen LogP) is 4.29. The molecule has 0 amide bonds. The van der Waals surface area contributed by atoms with Gasteiger partial charge in [0.2, 0.25) is 0 Å². The van der Waals surface area contributed by atoms with Gasteiger partial charge in [-0.15, -0.1) is 11.8 Å². The first kappa shape index (κ1) is 14.7. The molecular formula is C17H16FN3S. The highest BCUT2D eigenvalue weighted by atomic mass is 32.2. The van der Waals surface area contributed by atoms with Gasteiger partial charge in [-0.1, -0.05) is 12.1 Å². The maximum absolute atomic E-state index is 13.5. The van der Waals surface area contributed by atoms with Gasteiger partial charge in [0.05, 0.1) is 11.4 Å². The fourth-order valence-corrected chi connectivity index (χ4v) is 2.73. The molecule has 0 saturated carbocycles. The second kappa shape index (κ2) is 5.85. The summed E-state index contributed by atoms with van der Waals surface area (Å²) in [5.41, 5.74) is 9.14. The number of thioether (sulfide) groups is 1. The Balaban J connectivity index is 2.10. The summed E-state index contributed by atoms with van der Waals surface area (Å²) in [4.78, 5) is 1.19. The first-order valence-corrected chi connectivity index (χ1v) is 8.07. The molecule has 0 atom stereocenters. The van der Waals surface area contributed by atoms with Crippen LogP contribution in [0.4, 0.5) is 10.2 Å². The average Bonchev–Trinajstić information content (AvgIpc) is 2.92. The first-order valence-electron chi connectivity index (χ1n) is 6.85. The van der Waals surface area contributed by atoms with Crippen LogP contribution in [-0.2, 0) is 0 Å². The summed E-state index contributed by atoms with van der Waals surface area (Å²) < 4.78 is 15.2. The number of aromatic nitrogens is 2. The summed E-state index contributed by atoms with van der Waals surface area (Å²) in [6, 6.07) is 14.9. The van der Waals surface area contributed by atoms with Gasteiger partial charge in [0.15, 0.2) is 0 Å². The molecule has 112 valence electrons. The van der Waals surface area contributed by atoms with Gasteiger partial charge in [-0.2, -0.15) is 5.10 Å². The lowest BCUT2D eigenvalue weighted by Gasteiger charge is -2.09. The molecule has 2 aromatic carbocycles. The minimum Gasteiger partial charge on any atom is -0.382 e. The summed E-state index contributed by atoms with van der Waals surface area (Å²) in [7, 11) is 0. The van der Waals surface area contributed by atoms with Crippen LogP contribution < -0.4 is 5.73 Å². The molecule has 0 bridgehead atoms. The Bertz CT molecular complexity index is 809. The lowest BCUT2D eigenvalue weighted by Crippen LogP contribution is -2.01. The Morgan fingerprint density at radius 3 is 2.45 bits per heavy atom. The van der Waals surface area contributed by atoms with E-state index in [1.165, 1.54) is 11.0 Å². The quantitative estimate of drug-likeness (QED) is 0.734. The molecule has 5 heteroatoms. The van der Waals surface area contributed by atoms with Crippen molar-refractivity contribution in [1.82, 2.24) is 9.78 Å². The number of benzene rings is 2. The largest absolute Gasteiger partial charge is 0.382 e. The van der Waals surface area contributed by atoms with Crippen molar-refractivity contribution in [2.45, 2.75) is 11.8 Å². The van der Waals surface area contributed by atoms with Crippen molar-refractivity contribution in [2.24, 2.45) is 0 Å². The Kier molecular flexibility index (Phi) is 3.90. The van der Waals surface area contributed by atoms with E-state index in [0.29, 0.717) is 11.4 Å². The third kappa shape index (κ3) is 2.72. The van der Waals surface area contributed by atoms with Crippen LogP contribution in [0.2, 0.25) is 0 Å². The molecule has 22 heavy (non-hydrogen) atoms. The molecule has 0 unspecified atom stereocenters. The van der Waals surface area contributed by atoms with E-state index in [2.05, 4.69) is 17.2 Å². The van der Waals surface area contributed by atoms with Crippen molar-refractivity contribution in [2.75, 3.05) is 12.0 Å². The third-order valence-electron chi connectivity index (χ3n) is 3.50. The van der Waals surface area contributed by atoms with Gasteiger partial charge in [-0.3, -0.25) is 0 Å². The van der Waals surface area contributed by atoms with Gasteiger partial charge in [0.1, 0.15) is 11.6 Å². The van der Waals surface area contributed by atoms with E-state index in [9.17, 15) is 4.39 Å². The number of hydrogen-bond acceptors (Lipinski definition) is 3. The van der Waals surface area contributed by atoms with E-state index in [0.717, 1.165) is 16.9 Å². The van der Waals surface area contributed by atoms with Crippen LogP contribution in [0.15, 0.2) is 53.4 Å². The summed E-state index contributed by atoms with van der Waals surface area (Å²) >= 11 is 1.69. The van der Waals surface area contributed by atoms with Crippen molar-refractivity contribution >= 4 is 17.6 Å². The lowest BCUT2D eigenvalue weighted by molar-refractivity contribution is 0.617. The zero-order valence-electron chi connectivity index (χ0n) is 12.4. The number of aryl methyl sites for hydroxylation is 1. The first-order chi connectivity index (χ1) is 10.6. The van der Waals surface area contributed by atoms with Crippen LogP contribution >= 0.6 is 11.8 Å². The van der Waals surface area contributed by atoms with Crippen LogP contribution in [-0.4, -0.2) is 16.0 Å². The van der Waals surface area contributed by atoms with Gasteiger partial charge < -0.3 is 5.73 Å². The van der Waals surface area contributed by atoms with E-state index in [4.69, 9.17) is 5.73 Å². The molecule has 1 aromatic heterocycles. The fraction of sp³-hybridized carbons (Fsp3) is 0.118. The molecule has 3 rings (SSSR count). The zero-order chi connectivity index (χ0) is 15.7. The summed E-state index contributed by atoms with van der Waals surface area (Å²) in [6.07, 6.45) is 2.04. The molecule has 1 heterocycles. The minimum absolute atomic E-state index is 0.227. The van der Waals surface area contributed by atoms with Crippen molar-refractivity contribution in [3.05, 3.63) is 59.9 Å². The molecule has 3 nitrogen and oxygen atoms in total. The molecule has 2 N–H and O–H groups in total. The minimum atomic E-state index is -0.227. The predicted molar refractivity (Wildman–Crippen MR) is 89.9 cm³/mol. The van der Waals surface area contributed by atoms with Crippen LogP contribution in [0.1, 0.15) is 5.56 Å². The molecule has 0 aliphatic rings. The highest BCUT2D eigenvalue weighted by Crippen LogP contribution is 2.27.